The highest BCUT2D eigenvalue weighted by atomic mass is 16.5. The minimum absolute atomic E-state index is 0.0618. The van der Waals surface area contributed by atoms with Gasteiger partial charge >= 0.3 is 6.03 Å². The van der Waals surface area contributed by atoms with E-state index in [-0.39, 0.29) is 18.4 Å². The van der Waals surface area contributed by atoms with Crippen LogP contribution in [0.4, 0.5) is 4.79 Å². The van der Waals surface area contributed by atoms with Crippen LogP contribution >= 0.6 is 0 Å². The summed E-state index contributed by atoms with van der Waals surface area (Å²) in [6, 6.07) is 14.9. The molecule has 10 nitrogen and oxygen atoms in total. The maximum atomic E-state index is 13.2. The van der Waals surface area contributed by atoms with Crippen molar-refractivity contribution >= 4 is 23.8 Å². The number of nitrogens with zero attached hydrogens (tertiary/aromatic N) is 3. The summed E-state index contributed by atoms with van der Waals surface area (Å²) in [4.78, 5) is 58.6. The quantitative estimate of drug-likeness (QED) is 0.502. The normalized spacial score (nSPS) is 18.4. The second kappa shape index (κ2) is 9.05. The van der Waals surface area contributed by atoms with Gasteiger partial charge in [-0.25, -0.2) is 4.79 Å². The van der Waals surface area contributed by atoms with Crippen LogP contribution in [0.3, 0.4) is 0 Å². The number of methoxy groups -OCH3 is 1. The van der Waals surface area contributed by atoms with E-state index in [0.29, 0.717) is 40.2 Å². The van der Waals surface area contributed by atoms with Gasteiger partial charge in [0.25, 0.3) is 17.7 Å². The highest BCUT2D eigenvalue weighted by molar-refractivity contribution is 6.08. The highest BCUT2D eigenvalue weighted by Gasteiger charge is 2.50. The minimum atomic E-state index is -1.48. The third-order valence-corrected chi connectivity index (χ3v) is 6.66. The van der Waals surface area contributed by atoms with Crippen molar-refractivity contribution in [1.82, 2.24) is 25.4 Å². The van der Waals surface area contributed by atoms with Crippen molar-refractivity contribution in [3.05, 3.63) is 83.0 Å². The van der Waals surface area contributed by atoms with Crippen LogP contribution in [0.25, 0.3) is 11.3 Å². The molecule has 1 atom stereocenters. The Bertz CT molecular complexity index is 1440. The lowest BCUT2D eigenvalue weighted by atomic mass is 9.88. The summed E-state index contributed by atoms with van der Waals surface area (Å²) in [6.45, 7) is 0.235. The van der Waals surface area contributed by atoms with Crippen molar-refractivity contribution in [2.75, 3.05) is 27.7 Å². The SMILES string of the molecule is COc1ccc2c(c1)C(=O)N(C[C@@]1(c3ccc(-c4ncccc4C(=O)N(C)C)cc3)NC(=O)NC1=O)C2. The van der Waals surface area contributed by atoms with Gasteiger partial charge in [-0.1, -0.05) is 30.3 Å². The van der Waals surface area contributed by atoms with Crippen molar-refractivity contribution in [1.29, 1.82) is 0 Å². The van der Waals surface area contributed by atoms with Crippen LogP contribution in [0.5, 0.6) is 5.75 Å². The molecule has 188 valence electrons. The van der Waals surface area contributed by atoms with Gasteiger partial charge in [0.1, 0.15) is 5.75 Å². The molecule has 3 heterocycles. The number of amides is 5. The molecule has 0 unspecified atom stereocenters. The molecule has 0 spiro atoms. The number of hydrogen-bond acceptors (Lipinski definition) is 6. The fourth-order valence-electron chi connectivity index (χ4n) is 4.74. The van der Waals surface area contributed by atoms with Gasteiger partial charge in [-0.05, 0) is 35.4 Å². The van der Waals surface area contributed by atoms with Gasteiger partial charge < -0.3 is 19.9 Å². The van der Waals surface area contributed by atoms with Gasteiger partial charge in [0.05, 0.1) is 24.9 Å². The van der Waals surface area contributed by atoms with E-state index in [1.165, 1.54) is 16.9 Å². The van der Waals surface area contributed by atoms with E-state index >= 15 is 0 Å². The number of nitrogens with one attached hydrogen (secondary N) is 2. The molecule has 0 aliphatic carbocycles. The van der Waals surface area contributed by atoms with Crippen LogP contribution in [0.2, 0.25) is 0 Å². The van der Waals surface area contributed by atoms with Crippen LogP contribution in [0, 0.1) is 0 Å². The third-order valence-electron chi connectivity index (χ3n) is 6.66. The Labute approximate surface area is 213 Å². The van der Waals surface area contributed by atoms with Crippen molar-refractivity contribution in [2.24, 2.45) is 0 Å². The summed E-state index contributed by atoms with van der Waals surface area (Å²) in [5, 5.41) is 5.05. The predicted octanol–water partition coefficient (Wildman–Crippen LogP) is 2.15. The number of ether oxygens (including phenoxy) is 1. The fourth-order valence-corrected chi connectivity index (χ4v) is 4.74. The Morgan fingerprint density at radius 1 is 1.11 bits per heavy atom. The Kier molecular flexibility index (Phi) is 5.87. The molecule has 37 heavy (non-hydrogen) atoms. The van der Waals surface area contributed by atoms with Crippen molar-refractivity contribution in [2.45, 2.75) is 12.1 Å². The molecule has 0 radical (unpaired) electrons. The Balaban J connectivity index is 1.49. The predicted molar refractivity (Wildman–Crippen MR) is 134 cm³/mol. The molecular formula is C27H25N5O5. The van der Waals surface area contributed by atoms with Crippen LogP contribution < -0.4 is 15.4 Å². The maximum Gasteiger partial charge on any atom is 0.322 e. The van der Waals surface area contributed by atoms with Gasteiger partial charge in [0, 0.05) is 38.0 Å². The maximum absolute atomic E-state index is 13.2. The van der Waals surface area contributed by atoms with Gasteiger partial charge in [-0.15, -0.1) is 0 Å². The van der Waals surface area contributed by atoms with Gasteiger partial charge in [-0.2, -0.15) is 0 Å². The van der Waals surface area contributed by atoms with E-state index in [9.17, 15) is 19.2 Å². The van der Waals surface area contributed by atoms with E-state index in [1.807, 2.05) is 6.07 Å². The van der Waals surface area contributed by atoms with Gasteiger partial charge in [0.15, 0.2) is 5.54 Å². The smallest absolute Gasteiger partial charge is 0.322 e. The summed E-state index contributed by atoms with van der Waals surface area (Å²) in [5.74, 6) is -0.422. The third kappa shape index (κ3) is 4.06. The van der Waals surface area contributed by atoms with E-state index in [0.717, 1.165) is 5.56 Å². The minimum Gasteiger partial charge on any atom is -0.497 e. The van der Waals surface area contributed by atoms with E-state index in [4.69, 9.17) is 4.74 Å². The monoisotopic (exact) mass is 499 g/mol. The lowest BCUT2D eigenvalue weighted by molar-refractivity contribution is -0.124. The number of rotatable bonds is 6. The number of carbonyl (C=O) groups excluding carboxylic acids is 4. The highest BCUT2D eigenvalue weighted by Crippen LogP contribution is 2.33. The van der Waals surface area contributed by atoms with Gasteiger partial charge in [-0.3, -0.25) is 24.7 Å². The zero-order valence-electron chi connectivity index (χ0n) is 20.6. The number of benzene rings is 2. The first-order valence-electron chi connectivity index (χ1n) is 11.6. The molecule has 1 aromatic heterocycles. The number of hydrogen-bond donors (Lipinski definition) is 2. The molecular weight excluding hydrogens is 474 g/mol. The number of fused-ring (bicyclic) bond motifs is 1. The summed E-state index contributed by atoms with van der Waals surface area (Å²) in [6.07, 6.45) is 1.60. The Morgan fingerprint density at radius 2 is 1.86 bits per heavy atom. The molecule has 3 aromatic rings. The van der Waals surface area contributed by atoms with Crippen molar-refractivity contribution in [3.63, 3.8) is 0 Å². The molecule has 2 aliphatic rings. The first-order valence-corrected chi connectivity index (χ1v) is 11.6. The first-order chi connectivity index (χ1) is 17.7. The average Bonchev–Trinajstić information content (AvgIpc) is 3.37. The fraction of sp³-hybridized carbons (Fsp3) is 0.222. The number of pyridine rings is 1. The summed E-state index contributed by atoms with van der Waals surface area (Å²) >= 11 is 0. The molecule has 2 aromatic carbocycles. The number of aromatic nitrogens is 1. The molecule has 2 aliphatic heterocycles. The standard InChI is InChI=1S/C27H25N5O5/c1-31(2)23(33)20-5-4-12-28-22(20)16-6-9-18(10-7-16)27(25(35)29-26(36)30-27)15-32-14-17-8-11-19(37-3)13-21(17)24(32)34/h4-13H,14-15H2,1-3H3,(H2,29,30,35,36)/t27-/m0/s1. The topological polar surface area (TPSA) is 121 Å². The second-order valence-corrected chi connectivity index (χ2v) is 9.17. The van der Waals surface area contributed by atoms with Gasteiger partial charge in [0.2, 0.25) is 0 Å². The van der Waals surface area contributed by atoms with Crippen molar-refractivity contribution in [3.8, 4) is 17.0 Å². The second-order valence-electron chi connectivity index (χ2n) is 9.17. The van der Waals surface area contributed by atoms with Crippen LogP contribution in [0.15, 0.2) is 60.8 Å². The van der Waals surface area contributed by atoms with Crippen LogP contribution in [-0.2, 0) is 16.9 Å². The average molecular weight is 500 g/mol. The number of imide groups is 1. The van der Waals surface area contributed by atoms with E-state index in [2.05, 4.69) is 15.6 Å². The van der Waals surface area contributed by atoms with E-state index in [1.54, 1.807) is 68.8 Å². The van der Waals surface area contributed by atoms with E-state index < -0.39 is 17.5 Å². The summed E-state index contributed by atoms with van der Waals surface area (Å²) in [7, 11) is 4.86. The first kappa shape index (κ1) is 24.0. The molecule has 0 saturated carbocycles. The van der Waals surface area contributed by atoms with Crippen molar-refractivity contribution < 1.29 is 23.9 Å². The van der Waals surface area contributed by atoms with Crippen LogP contribution in [-0.4, -0.2) is 66.3 Å². The zero-order valence-corrected chi connectivity index (χ0v) is 20.6. The lowest BCUT2D eigenvalue weighted by Gasteiger charge is -2.31. The van der Waals surface area contributed by atoms with Crippen LogP contribution in [0.1, 0.15) is 31.8 Å². The summed E-state index contributed by atoms with van der Waals surface area (Å²) < 4.78 is 5.24. The molecule has 5 rings (SSSR count). The molecule has 1 fully saturated rings. The molecule has 0 bridgehead atoms. The molecule has 1 saturated heterocycles. The zero-order chi connectivity index (χ0) is 26.3. The lowest BCUT2D eigenvalue weighted by Crippen LogP contribution is -2.52. The molecule has 2 N–H and O–H groups in total. The largest absolute Gasteiger partial charge is 0.497 e. The number of urea groups is 1. The molecule has 5 amide bonds. The number of carbonyl (C=O) groups is 4. The molecule has 10 heteroatoms. The Morgan fingerprint density at radius 3 is 2.51 bits per heavy atom. The Hall–Kier alpha value is -4.73. The summed E-state index contributed by atoms with van der Waals surface area (Å²) in [5.41, 5.74) is 1.95.